The molecule has 1 aliphatic heterocycles. The molecule has 0 saturated carbocycles. The van der Waals surface area contributed by atoms with E-state index in [2.05, 4.69) is 5.32 Å². The van der Waals surface area contributed by atoms with Gasteiger partial charge in [-0.15, -0.1) is 0 Å². The number of hydrogen-bond donors (Lipinski definition) is 1. The van der Waals surface area contributed by atoms with Gasteiger partial charge in [-0.1, -0.05) is 36.7 Å². The predicted octanol–water partition coefficient (Wildman–Crippen LogP) is 4.26. The zero-order valence-corrected chi connectivity index (χ0v) is 15.3. The van der Waals surface area contributed by atoms with Gasteiger partial charge < -0.3 is 10.1 Å². The number of allylic oxidation sites excluding steroid dienone is 3. The number of rotatable bonds is 4. The van der Waals surface area contributed by atoms with Gasteiger partial charge in [-0.25, -0.2) is 4.79 Å². The van der Waals surface area contributed by atoms with Crippen LogP contribution in [0.5, 0.6) is 0 Å². The quantitative estimate of drug-likeness (QED) is 0.816. The van der Waals surface area contributed by atoms with E-state index in [9.17, 15) is 9.59 Å². The lowest BCUT2D eigenvalue weighted by Crippen LogP contribution is -2.35. The van der Waals surface area contributed by atoms with Gasteiger partial charge in [0.2, 0.25) is 0 Å². The Morgan fingerprint density at radius 1 is 1.28 bits per heavy atom. The summed E-state index contributed by atoms with van der Waals surface area (Å²) in [4.78, 5) is 25.5. The van der Waals surface area contributed by atoms with Crippen LogP contribution in [0.25, 0.3) is 0 Å². The first-order chi connectivity index (χ1) is 12.1. The van der Waals surface area contributed by atoms with Gasteiger partial charge in [0.25, 0.3) is 0 Å². The van der Waals surface area contributed by atoms with Crippen molar-refractivity contribution in [1.82, 2.24) is 5.32 Å². The molecular formula is C20H22ClNO3. The van der Waals surface area contributed by atoms with Crippen molar-refractivity contribution in [2.75, 3.05) is 6.61 Å². The molecule has 1 aromatic rings. The highest BCUT2D eigenvalue weighted by atomic mass is 35.5. The van der Waals surface area contributed by atoms with Crippen molar-refractivity contribution in [2.24, 2.45) is 0 Å². The van der Waals surface area contributed by atoms with E-state index in [1.807, 2.05) is 25.1 Å². The number of benzene rings is 1. The molecule has 25 heavy (non-hydrogen) atoms. The maximum absolute atomic E-state index is 12.7. The highest BCUT2D eigenvalue weighted by Crippen LogP contribution is 2.44. The van der Waals surface area contributed by atoms with E-state index in [1.165, 1.54) is 0 Å². The topological polar surface area (TPSA) is 55.4 Å². The zero-order chi connectivity index (χ0) is 18.0. The number of halogens is 1. The number of ketones is 1. The first-order valence-corrected chi connectivity index (χ1v) is 9.14. The largest absolute Gasteiger partial charge is 0.463 e. The number of dihydropyridines is 1. The molecule has 132 valence electrons. The lowest BCUT2D eigenvalue weighted by molar-refractivity contribution is -0.138. The zero-order valence-electron chi connectivity index (χ0n) is 14.5. The lowest BCUT2D eigenvalue weighted by atomic mass is 9.75. The Balaban J connectivity index is 2.22. The van der Waals surface area contributed by atoms with Crippen molar-refractivity contribution in [3.8, 4) is 0 Å². The van der Waals surface area contributed by atoms with E-state index in [0.29, 0.717) is 29.0 Å². The van der Waals surface area contributed by atoms with Gasteiger partial charge in [-0.05, 0) is 37.8 Å². The molecule has 0 bridgehead atoms. The molecule has 1 heterocycles. The first kappa shape index (κ1) is 17.7. The normalized spacial score (nSPS) is 20.3. The minimum Gasteiger partial charge on any atom is -0.463 e. The molecular weight excluding hydrogens is 338 g/mol. The van der Waals surface area contributed by atoms with Crippen LogP contribution in [0.2, 0.25) is 5.02 Å². The number of nitrogens with one attached hydrogen (secondary N) is 1. The van der Waals surface area contributed by atoms with Gasteiger partial charge >= 0.3 is 5.97 Å². The van der Waals surface area contributed by atoms with Crippen LogP contribution < -0.4 is 5.32 Å². The third-order valence-corrected chi connectivity index (χ3v) is 5.07. The first-order valence-electron chi connectivity index (χ1n) is 8.76. The number of Topliss-reactive ketones (excluding diaryl/α,β-unsaturated/α-hetero) is 1. The molecule has 3 rings (SSSR count). The number of carbonyl (C=O) groups excluding carboxylic acids is 2. The summed E-state index contributed by atoms with van der Waals surface area (Å²) in [6.07, 6.45) is 2.78. The van der Waals surface area contributed by atoms with Crippen molar-refractivity contribution in [3.63, 3.8) is 0 Å². The highest BCUT2D eigenvalue weighted by molar-refractivity contribution is 6.31. The second-order valence-corrected chi connectivity index (χ2v) is 6.62. The maximum atomic E-state index is 12.7. The average molecular weight is 360 g/mol. The van der Waals surface area contributed by atoms with Gasteiger partial charge in [0, 0.05) is 34.3 Å². The predicted molar refractivity (Wildman–Crippen MR) is 97.2 cm³/mol. The number of hydrogen-bond acceptors (Lipinski definition) is 4. The molecule has 4 nitrogen and oxygen atoms in total. The van der Waals surface area contributed by atoms with E-state index in [-0.39, 0.29) is 18.4 Å². The molecule has 0 unspecified atom stereocenters. The summed E-state index contributed by atoms with van der Waals surface area (Å²) in [5, 5.41) is 3.89. The molecule has 1 atom stereocenters. The summed E-state index contributed by atoms with van der Waals surface area (Å²) in [5.41, 5.74) is 3.69. The summed E-state index contributed by atoms with van der Waals surface area (Å²) in [7, 11) is 0. The average Bonchev–Trinajstić information content (AvgIpc) is 2.61. The van der Waals surface area contributed by atoms with E-state index in [0.717, 1.165) is 29.8 Å². The Kier molecular flexibility index (Phi) is 5.28. The fourth-order valence-corrected chi connectivity index (χ4v) is 3.89. The minimum atomic E-state index is -0.466. The monoisotopic (exact) mass is 359 g/mol. The van der Waals surface area contributed by atoms with Crippen molar-refractivity contribution in [3.05, 3.63) is 57.4 Å². The van der Waals surface area contributed by atoms with Gasteiger partial charge in [0.1, 0.15) is 0 Å². The standard InChI is InChI=1S/C20H22ClNO3/c1-3-14-19(20(24)25-4-2)17(12-8-5-6-9-13(12)21)18-15(22-14)10-7-11-16(18)23/h5-6,8-9,17,22H,3-4,7,10-11H2,1-2H3/t17-/m1/s1. The van der Waals surface area contributed by atoms with E-state index in [1.54, 1.807) is 13.0 Å². The summed E-state index contributed by atoms with van der Waals surface area (Å²) in [6, 6.07) is 7.41. The smallest absolute Gasteiger partial charge is 0.336 e. The molecule has 1 N–H and O–H groups in total. The Morgan fingerprint density at radius 3 is 2.72 bits per heavy atom. The van der Waals surface area contributed by atoms with Crippen LogP contribution in [0.3, 0.4) is 0 Å². The Hall–Kier alpha value is -2.07. The van der Waals surface area contributed by atoms with Crippen molar-refractivity contribution in [2.45, 2.75) is 45.4 Å². The molecule has 0 amide bonds. The van der Waals surface area contributed by atoms with E-state index in [4.69, 9.17) is 16.3 Å². The van der Waals surface area contributed by atoms with Crippen LogP contribution in [0.4, 0.5) is 0 Å². The summed E-state index contributed by atoms with van der Waals surface area (Å²) in [6.45, 7) is 4.05. The van der Waals surface area contributed by atoms with Gasteiger partial charge in [-0.3, -0.25) is 4.79 Å². The van der Waals surface area contributed by atoms with Crippen LogP contribution in [0.1, 0.15) is 51.0 Å². The molecule has 1 aliphatic carbocycles. The van der Waals surface area contributed by atoms with Crippen LogP contribution >= 0.6 is 11.6 Å². The second-order valence-electron chi connectivity index (χ2n) is 6.21. The van der Waals surface area contributed by atoms with Gasteiger partial charge in [0.05, 0.1) is 12.2 Å². The van der Waals surface area contributed by atoms with E-state index < -0.39 is 5.92 Å². The van der Waals surface area contributed by atoms with Crippen LogP contribution in [-0.4, -0.2) is 18.4 Å². The Morgan fingerprint density at radius 2 is 2.04 bits per heavy atom. The van der Waals surface area contributed by atoms with Crippen molar-refractivity contribution < 1.29 is 14.3 Å². The number of carbonyl (C=O) groups is 2. The van der Waals surface area contributed by atoms with Crippen LogP contribution in [-0.2, 0) is 14.3 Å². The molecule has 1 aromatic carbocycles. The Labute approximate surface area is 152 Å². The summed E-state index contributed by atoms with van der Waals surface area (Å²) in [5.74, 6) is -0.774. The van der Waals surface area contributed by atoms with Crippen molar-refractivity contribution in [1.29, 1.82) is 0 Å². The van der Waals surface area contributed by atoms with Gasteiger partial charge in [0.15, 0.2) is 5.78 Å². The lowest BCUT2D eigenvalue weighted by Gasteiger charge is -2.35. The van der Waals surface area contributed by atoms with Crippen LogP contribution in [0, 0.1) is 0 Å². The Bertz CT molecular complexity index is 779. The highest BCUT2D eigenvalue weighted by Gasteiger charge is 2.40. The van der Waals surface area contributed by atoms with E-state index >= 15 is 0 Å². The number of esters is 1. The third kappa shape index (κ3) is 3.23. The SMILES string of the molecule is CCOC(=O)C1=C(CC)NC2=C(C(=O)CCC2)[C@H]1c1ccccc1Cl. The molecule has 5 heteroatoms. The number of ether oxygens (including phenoxy) is 1. The molecule has 0 spiro atoms. The third-order valence-electron chi connectivity index (χ3n) is 4.73. The minimum absolute atomic E-state index is 0.0793. The van der Waals surface area contributed by atoms with Crippen molar-refractivity contribution >= 4 is 23.4 Å². The fraction of sp³-hybridized carbons (Fsp3) is 0.400. The van der Waals surface area contributed by atoms with Crippen LogP contribution in [0.15, 0.2) is 46.8 Å². The molecule has 2 aliphatic rings. The fourth-order valence-electron chi connectivity index (χ4n) is 3.65. The maximum Gasteiger partial charge on any atom is 0.336 e. The molecule has 0 fully saturated rings. The summed E-state index contributed by atoms with van der Waals surface area (Å²) < 4.78 is 5.31. The van der Waals surface area contributed by atoms with Gasteiger partial charge in [-0.2, -0.15) is 0 Å². The molecule has 0 radical (unpaired) electrons. The molecule has 0 aromatic heterocycles. The summed E-state index contributed by atoms with van der Waals surface area (Å²) >= 11 is 6.45. The molecule has 0 saturated heterocycles. The second kappa shape index (κ2) is 7.44.